The van der Waals surface area contributed by atoms with Gasteiger partial charge in [-0.1, -0.05) is 0 Å². The topological polar surface area (TPSA) is 61.8 Å². The average molecular weight is 279 g/mol. The van der Waals surface area contributed by atoms with Crippen LogP contribution in [0, 0.1) is 0 Å². The molecular formula is C12H23ClN2O3. The molecule has 5 nitrogen and oxygen atoms in total. The highest BCUT2D eigenvalue weighted by molar-refractivity contribution is 5.85. The van der Waals surface area contributed by atoms with E-state index >= 15 is 0 Å². The van der Waals surface area contributed by atoms with Gasteiger partial charge in [0, 0.05) is 13.1 Å². The number of likely N-dealkylation sites (tertiary alicyclic amines) is 1. The molecule has 2 unspecified atom stereocenters. The quantitative estimate of drug-likeness (QED) is 0.698. The molecule has 0 aromatic carbocycles. The zero-order valence-corrected chi connectivity index (χ0v) is 12.0. The molecule has 2 saturated heterocycles. The van der Waals surface area contributed by atoms with E-state index in [4.69, 9.17) is 4.74 Å². The van der Waals surface area contributed by atoms with Crippen LogP contribution in [0.2, 0.25) is 0 Å². The highest BCUT2D eigenvalue weighted by Gasteiger charge is 2.48. The van der Waals surface area contributed by atoms with Gasteiger partial charge in [-0.2, -0.15) is 0 Å². The number of carbonyl (C=O) groups excluding carboxylic acids is 1. The van der Waals surface area contributed by atoms with E-state index in [2.05, 4.69) is 5.32 Å². The van der Waals surface area contributed by atoms with E-state index in [9.17, 15) is 9.90 Å². The molecule has 2 heterocycles. The maximum absolute atomic E-state index is 11.9. The summed E-state index contributed by atoms with van der Waals surface area (Å²) in [6, 6.07) is 0. The molecule has 0 bridgehead atoms. The summed E-state index contributed by atoms with van der Waals surface area (Å²) >= 11 is 0. The van der Waals surface area contributed by atoms with Gasteiger partial charge in [-0.25, -0.2) is 4.79 Å². The van der Waals surface area contributed by atoms with Gasteiger partial charge < -0.3 is 20.1 Å². The number of hydrogen-bond acceptors (Lipinski definition) is 4. The maximum Gasteiger partial charge on any atom is 0.410 e. The van der Waals surface area contributed by atoms with Crippen LogP contribution in [0.3, 0.4) is 0 Å². The molecule has 18 heavy (non-hydrogen) atoms. The average Bonchev–Trinajstić information content (AvgIpc) is 2.74. The second-order valence-corrected chi connectivity index (χ2v) is 6.04. The molecule has 2 atom stereocenters. The highest BCUT2D eigenvalue weighted by atomic mass is 35.5. The Labute approximate surface area is 114 Å². The Morgan fingerprint density at radius 1 is 1.50 bits per heavy atom. The van der Waals surface area contributed by atoms with Crippen LogP contribution in [-0.2, 0) is 4.74 Å². The Morgan fingerprint density at radius 2 is 2.17 bits per heavy atom. The summed E-state index contributed by atoms with van der Waals surface area (Å²) in [7, 11) is 0. The summed E-state index contributed by atoms with van der Waals surface area (Å²) in [5.41, 5.74) is -0.758. The third-order valence-corrected chi connectivity index (χ3v) is 3.49. The number of aliphatic hydroxyl groups is 1. The molecule has 106 valence electrons. The number of rotatable bonds is 0. The lowest BCUT2D eigenvalue weighted by molar-refractivity contribution is 0.0258. The van der Waals surface area contributed by atoms with Crippen molar-refractivity contribution in [1.29, 1.82) is 0 Å². The molecule has 2 aliphatic heterocycles. The van der Waals surface area contributed by atoms with Gasteiger partial charge in [0.25, 0.3) is 0 Å². The van der Waals surface area contributed by atoms with E-state index in [1.165, 1.54) is 0 Å². The number of nitrogens with zero attached hydrogens (tertiary/aromatic N) is 1. The predicted octanol–water partition coefficient (Wildman–Crippen LogP) is 1.14. The van der Waals surface area contributed by atoms with E-state index in [0.29, 0.717) is 13.1 Å². The van der Waals surface area contributed by atoms with Crippen molar-refractivity contribution in [2.24, 2.45) is 0 Å². The summed E-state index contributed by atoms with van der Waals surface area (Å²) in [6.07, 6.45) is 0.931. The third-order valence-electron chi connectivity index (χ3n) is 3.49. The second kappa shape index (κ2) is 5.23. The number of amides is 1. The van der Waals surface area contributed by atoms with Crippen LogP contribution in [0.1, 0.15) is 33.6 Å². The lowest BCUT2D eigenvalue weighted by atomic mass is 9.94. The molecule has 1 spiro atoms. The largest absolute Gasteiger partial charge is 0.444 e. The molecule has 0 aromatic heterocycles. The summed E-state index contributed by atoms with van der Waals surface area (Å²) in [6.45, 7) is 7.60. The van der Waals surface area contributed by atoms with Crippen molar-refractivity contribution in [2.75, 3.05) is 19.6 Å². The summed E-state index contributed by atoms with van der Waals surface area (Å²) in [5, 5.41) is 13.3. The minimum Gasteiger partial charge on any atom is -0.444 e. The Kier molecular flexibility index (Phi) is 4.51. The van der Waals surface area contributed by atoms with Crippen LogP contribution in [0.25, 0.3) is 0 Å². The van der Waals surface area contributed by atoms with Gasteiger partial charge in [0.15, 0.2) is 0 Å². The Morgan fingerprint density at radius 3 is 2.67 bits per heavy atom. The number of nitrogens with one attached hydrogen (secondary N) is 1. The molecule has 2 aliphatic rings. The lowest BCUT2D eigenvalue weighted by Gasteiger charge is -2.29. The van der Waals surface area contributed by atoms with Crippen molar-refractivity contribution >= 4 is 18.5 Å². The molecule has 2 N–H and O–H groups in total. The number of aliphatic hydroxyl groups excluding tert-OH is 1. The first-order valence-electron chi connectivity index (χ1n) is 6.23. The molecule has 1 amide bonds. The fraction of sp³-hybridized carbons (Fsp3) is 0.917. The van der Waals surface area contributed by atoms with Crippen molar-refractivity contribution in [3.8, 4) is 0 Å². The second-order valence-electron chi connectivity index (χ2n) is 6.04. The van der Waals surface area contributed by atoms with Gasteiger partial charge in [-0.15, -0.1) is 12.4 Å². The first-order chi connectivity index (χ1) is 7.82. The van der Waals surface area contributed by atoms with Crippen LogP contribution in [0.5, 0.6) is 0 Å². The number of hydrogen-bond donors (Lipinski definition) is 2. The number of halogens is 1. The van der Waals surface area contributed by atoms with E-state index in [0.717, 1.165) is 19.4 Å². The van der Waals surface area contributed by atoms with Crippen molar-refractivity contribution in [1.82, 2.24) is 10.2 Å². The van der Waals surface area contributed by atoms with Gasteiger partial charge in [0.05, 0.1) is 11.6 Å². The Balaban J connectivity index is 0.00000162. The van der Waals surface area contributed by atoms with Crippen LogP contribution >= 0.6 is 12.4 Å². The first kappa shape index (κ1) is 15.5. The van der Waals surface area contributed by atoms with Gasteiger partial charge in [0.1, 0.15) is 5.60 Å². The predicted molar refractivity (Wildman–Crippen MR) is 71.0 cm³/mol. The smallest absolute Gasteiger partial charge is 0.410 e. The minimum atomic E-state index is -0.464. The van der Waals surface area contributed by atoms with Crippen molar-refractivity contribution in [2.45, 2.75) is 50.9 Å². The van der Waals surface area contributed by atoms with Gasteiger partial charge in [0.2, 0.25) is 0 Å². The van der Waals surface area contributed by atoms with Crippen LogP contribution in [0.4, 0.5) is 4.79 Å². The van der Waals surface area contributed by atoms with E-state index < -0.39 is 5.60 Å². The van der Waals surface area contributed by atoms with Gasteiger partial charge in [-0.05, 0) is 40.2 Å². The number of carbonyl (C=O) groups is 1. The molecule has 0 aliphatic carbocycles. The molecule has 2 fully saturated rings. The monoisotopic (exact) mass is 278 g/mol. The summed E-state index contributed by atoms with van der Waals surface area (Å²) in [4.78, 5) is 13.6. The van der Waals surface area contributed by atoms with Crippen LogP contribution in [-0.4, -0.2) is 53.0 Å². The summed E-state index contributed by atoms with van der Waals surface area (Å²) in [5.74, 6) is 0. The standard InChI is InChI=1S/C12H22N2O3.ClH/c1-11(2,3)17-10(16)14-7-5-12(8-14)9(15)4-6-13-12;/h9,13,15H,4-8H2,1-3H3;1H. The van der Waals surface area contributed by atoms with E-state index in [1.54, 1.807) is 4.90 Å². The maximum atomic E-state index is 11.9. The molecule has 2 rings (SSSR count). The number of ether oxygens (including phenoxy) is 1. The highest BCUT2D eigenvalue weighted by Crippen LogP contribution is 2.31. The van der Waals surface area contributed by atoms with Crippen molar-refractivity contribution < 1.29 is 14.6 Å². The van der Waals surface area contributed by atoms with Crippen LogP contribution in [0.15, 0.2) is 0 Å². The SMILES string of the molecule is CC(C)(C)OC(=O)N1CCC2(C1)NCCC2O.Cl. The lowest BCUT2D eigenvalue weighted by Crippen LogP contribution is -2.50. The Bertz CT molecular complexity index is 319. The summed E-state index contributed by atoms with van der Waals surface area (Å²) < 4.78 is 5.34. The fourth-order valence-corrected chi connectivity index (χ4v) is 2.58. The molecule has 0 radical (unpaired) electrons. The van der Waals surface area contributed by atoms with Gasteiger partial charge in [-0.3, -0.25) is 0 Å². The minimum absolute atomic E-state index is 0. The van der Waals surface area contributed by atoms with Crippen LogP contribution < -0.4 is 5.32 Å². The Hall–Kier alpha value is -0.520. The fourth-order valence-electron chi connectivity index (χ4n) is 2.58. The molecule has 6 heteroatoms. The zero-order valence-electron chi connectivity index (χ0n) is 11.2. The van der Waals surface area contributed by atoms with E-state index in [-0.39, 0.29) is 30.1 Å². The first-order valence-corrected chi connectivity index (χ1v) is 6.23. The molecule has 0 aromatic rings. The zero-order chi connectivity index (χ0) is 12.7. The molecular weight excluding hydrogens is 256 g/mol. The third kappa shape index (κ3) is 3.08. The molecule has 0 saturated carbocycles. The van der Waals surface area contributed by atoms with Crippen molar-refractivity contribution in [3.63, 3.8) is 0 Å². The van der Waals surface area contributed by atoms with Crippen molar-refractivity contribution in [3.05, 3.63) is 0 Å². The normalized spacial score (nSPS) is 31.6. The van der Waals surface area contributed by atoms with Gasteiger partial charge >= 0.3 is 6.09 Å². The van der Waals surface area contributed by atoms with E-state index in [1.807, 2.05) is 20.8 Å².